The lowest BCUT2D eigenvalue weighted by molar-refractivity contribution is -0.130. The van der Waals surface area contributed by atoms with Gasteiger partial charge < -0.3 is 10.6 Å². The Kier molecular flexibility index (Phi) is 17.2. The first-order valence-electron chi connectivity index (χ1n) is 12.1. The molecule has 7 nitrogen and oxygen atoms in total. The first-order chi connectivity index (χ1) is 16.0. The highest BCUT2D eigenvalue weighted by Gasteiger charge is 2.30. The Morgan fingerprint density at radius 3 is 2.03 bits per heavy atom. The molecule has 3 amide bonds. The van der Waals surface area contributed by atoms with Crippen LogP contribution in [0.1, 0.15) is 87.0 Å². The Balaban J connectivity index is 5.00. The molecule has 0 aliphatic rings. The van der Waals surface area contributed by atoms with Crippen molar-refractivity contribution in [1.29, 1.82) is 0 Å². The van der Waals surface area contributed by atoms with Gasteiger partial charge in [0.25, 0.3) is 5.91 Å². The number of rotatable bonds is 16. The van der Waals surface area contributed by atoms with E-state index in [0.29, 0.717) is 12.2 Å². The lowest BCUT2D eigenvalue weighted by Crippen LogP contribution is -2.58. The highest BCUT2D eigenvalue weighted by atomic mass is 32.2. The van der Waals surface area contributed by atoms with Gasteiger partial charge in [0.15, 0.2) is 0 Å². The first kappa shape index (κ1) is 31.9. The average Bonchev–Trinajstić information content (AvgIpc) is 2.75. The van der Waals surface area contributed by atoms with Crippen molar-refractivity contribution in [2.45, 2.75) is 98.4 Å². The summed E-state index contributed by atoms with van der Waals surface area (Å²) in [6, 6.07) is -0.962. The predicted molar refractivity (Wildman–Crippen MR) is 144 cm³/mol. The van der Waals surface area contributed by atoms with E-state index >= 15 is 0 Å². The number of nitrogens with two attached hydrogens (primary N) is 1. The van der Waals surface area contributed by atoms with Gasteiger partial charge in [-0.2, -0.15) is 0 Å². The van der Waals surface area contributed by atoms with Crippen LogP contribution in [0.4, 0.5) is 0 Å². The first-order valence-corrected chi connectivity index (χ1v) is 13.2. The fourth-order valence-electron chi connectivity index (χ4n) is 3.12. The molecule has 0 aromatic carbocycles. The predicted octanol–water partition coefficient (Wildman–Crippen LogP) is 4.51. The van der Waals surface area contributed by atoms with Gasteiger partial charge >= 0.3 is 0 Å². The molecule has 1 unspecified atom stereocenters. The Hall–Kier alpha value is -2.06. The van der Waals surface area contributed by atoms with Gasteiger partial charge in [-0.3, -0.25) is 19.8 Å². The Morgan fingerprint density at radius 1 is 0.912 bits per heavy atom. The maximum atomic E-state index is 12.4. The molecular weight excluding hydrogens is 448 g/mol. The van der Waals surface area contributed by atoms with Crippen LogP contribution in [0.25, 0.3) is 0 Å². The standard InChI is InChI=1S/C26H46N4O3S/c1-8-19(4)17-23(32)29-24(25(33)30-27)26(28-22(7)31)34-16-15-21(6)14-10-13-20(5)12-9-11-18(2)3/h11,13,15,19,24,26H,8-10,12,14,16-17,27H2,1-7H3,(H,28,31)(H,29,32)(H,30,33)/b20-13+,21-15+/t19-,24+,26?/m0/s1. The molecule has 0 aromatic rings. The molecule has 8 heteroatoms. The van der Waals surface area contributed by atoms with Crippen LogP contribution in [0.5, 0.6) is 0 Å². The monoisotopic (exact) mass is 494 g/mol. The van der Waals surface area contributed by atoms with Crippen molar-refractivity contribution in [2.24, 2.45) is 11.8 Å². The largest absolute Gasteiger partial charge is 0.342 e. The van der Waals surface area contributed by atoms with E-state index in [-0.39, 0.29) is 17.7 Å². The van der Waals surface area contributed by atoms with Crippen LogP contribution in [-0.4, -0.2) is 34.9 Å². The van der Waals surface area contributed by atoms with Crippen LogP contribution in [0.3, 0.4) is 0 Å². The average molecular weight is 495 g/mol. The zero-order chi connectivity index (χ0) is 26.1. The summed E-state index contributed by atoms with van der Waals surface area (Å²) in [5.74, 6) is 5.08. The van der Waals surface area contributed by atoms with Crippen molar-refractivity contribution in [3.63, 3.8) is 0 Å². The summed E-state index contributed by atoms with van der Waals surface area (Å²) in [7, 11) is 0. The number of allylic oxidation sites excluding steroid dienone is 5. The fourth-order valence-corrected chi connectivity index (χ4v) is 4.34. The molecule has 5 N–H and O–H groups in total. The Morgan fingerprint density at radius 2 is 1.50 bits per heavy atom. The third-order valence-electron chi connectivity index (χ3n) is 5.45. The Labute approximate surface area is 210 Å². The second kappa shape index (κ2) is 18.3. The minimum Gasteiger partial charge on any atom is -0.342 e. The van der Waals surface area contributed by atoms with E-state index in [2.05, 4.69) is 62.0 Å². The summed E-state index contributed by atoms with van der Waals surface area (Å²) < 4.78 is 0. The van der Waals surface area contributed by atoms with Crippen LogP contribution < -0.4 is 21.9 Å². The van der Waals surface area contributed by atoms with Gasteiger partial charge in [-0.25, -0.2) is 5.84 Å². The molecule has 0 fully saturated rings. The van der Waals surface area contributed by atoms with E-state index in [4.69, 9.17) is 5.84 Å². The molecule has 0 aliphatic carbocycles. The highest BCUT2D eigenvalue weighted by molar-refractivity contribution is 8.00. The van der Waals surface area contributed by atoms with E-state index in [1.54, 1.807) is 0 Å². The molecule has 0 bridgehead atoms. The molecule has 0 rings (SSSR count). The number of hydrogen-bond donors (Lipinski definition) is 4. The minimum atomic E-state index is -0.962. The number of hydrogen-bond acceptors (Lipinski definition) is 5. The molecule has 0 saturated carbocycles. The number of thioether (sulfide) groups is 1. The molecule has 34 heavy (non-hydrogen) atoms. The van der Waals surface area contributed by atoms with Crippen molar-refractivity contribution < 1.29 is 14.4 Å². The van der Waals surface area contributed by atoms with Crippen molar-refractivity contribution in [3.8, 4) is 0 Å². The third kappa shape index (κ3) is 15.7. The van der Waals surface area contributed by atoms with E-state index < -0.39 is 17.3 Å². The molecule has 0 radical (unpaired) electrons. The van der Waals surface area contributed by atoms with E-state index in [9.17, 15) is 14.4 Å². The van der Waals surface area contributed by atoms with Gasteiger partial charge in [0.1, 0.15) is 11.4 Å². The quantitative estimate of drug-likeness (QED) is 0.0829. The molecule has 0 saturated heterocycles. The van der Waals surface area contributed by atoms with Crippen LogP contribution in [0.2, 0.25) is 0 Å². The van der Waals surface area contributed by atoms with Crippen LogP contribution in [0.15, 0.2) is 34.9 Å². The van der Waals surface area contributed by atoms with Crippen molar-refractivity contribution >= 4 is 29.5 Å². The van der Waals surface area contributed by atoms with Crippen molar-refractivity contribution in [2.75, 3.05) is 5.75 Å². The number of nitrogens with one attached hydrogen (secondary N) is 3. The molecule has 0 aromatic heterocycles. The zero-order valence-electron chi connectivity index (χ0n) is 22.1. The normalized spacial score (nSPS) is 14.6. The second-order valence-corrected chi connectivity index (χ2v) is 10.4. The summed E-state index contributed by atoms with van der Waals surface area (Å²) in [5, 5.41) is 4.89. The van der Waals surface area contributed by atoms with E-state index in [1.807, 2.05) is 13.8 Å². The van der Waals surface area contributed by atoms with Crippen LogP contribution >= 0.6 is 11.8 Å². The summed E-state index contributed by atoms with van der Waals surface area (Å²) >= 11 is 1.39. The smallest absolute Gasteiger partial charge is 0.259 e. The lowest BCUT2D eigenvalue weighted by atomic mass is 10.0. The molecule has 0 heterocycles. The van der Waals surface area contributed by atoms with Crippen LogP contribution in [-0.2, 0) is 14.4 Å². The molecule has 194 valence electrons. The lowest BCUT2D eigenvalue weighted by Gasteiger charge is -2.27. The number of hydrazine groups is 1. The topological polar surface area (TPSA) is 113 Å². The number of amides is 3. The number of carbonyl (C=O) groups is 3. The molecule has 0 spiro atoms. The molecule has 0 aliphatic heterocycles. The fraction of sp³-hybridized carbons (Fsp3) is 0.654. The summed E-state index contributed by atoms with van der Waals surface area (Å²) in [5.41, 5.74) is 6.09. The third-order valence-corrected chi connectivity index (χ3v) is 6.56. The van der Waals surface area contributed by atoms with Gasteiger partial charge in [-0.1, -0.05) is 55.2 Å². The maximum absolute atomic E-state index is 12.4. The summed E-state index contributed by atoms with van der Waals surface area (Å²) in [4.78, 5) is 36.6. The highest BCUT2D eigenvalue weighted by Crippen LogP contribution is 2.17. The second-order valence-electron chi connectivity index (χ2n) is 9.19. The van der Waals surface area contributed by atoms with E-state index in [1.165, 1.54) is 35.4 Å². The van der Waals surface area contributed by atoms with Gasteiger partial charge in [-0.05, 0) is 59.3 Å². The van der Waals surface area contributed by atoms with Gasteiger partial charge in [-0.15, -0.1) is 11.8 Å². The van der Waals surface area contributed by atoms with Crippen LogP contribution in [0, 0.1) is 5.92 Å². The van der Waals surface area contributed by atoms with Gasteiger partial charge in [0.05, 0.1) is 0 Å². The van der Waals surface area contributed by atoms with Gasteiger partial charge in [0, 0.05) is 19.1 Å². The number of carbonyl (C=O) groups excluding carboxylic acids is 3. The Bertz CT molecular complexity index is 742. The van der Waals surface area contributed by atoms with Crippen molar-refractivity contribution in [1.82, 2.24) is 16.1 Å². The maximum Gasteiger partial charge on any atom is 0.259 e. The SMILES string of the molecule is CC[C@H](C)CC(=O)N[C@H](C(=O)NN)C(NC(C)=O)SC/C=C(\C)CC/C=C(\C)CCC=C(C)C. The summed E-state index contributed by atoms with van der Waals surface area (Å²) in [6.07, 6.45) is 11.9. The molecular formula is C26H46N4O3S. The van der Waals surface area contributed by atoms with E-state index in [0.717, 1.165) is 32.1 Å². The minimum absolute atomic E-state index is 0.198. The zero-order valence-corrected chi connectivity index (χ0v) is 22.9. The molecule has 3 atom stereocenters. The van der Waals surface area contributed by atoms with Crippen molar-refractivity contribution in [3.05, 3.63) is 34.9 Å². The summed E-state index contributed by atoms with van der Waals surface area (Å²) in [6.45, 7) is 13.9. The van der Waals surface area contributed by atoms with Gasteiger partial charge in [0.2, 0.25) is 11.8 Å².